The van der Waals surface area contributed by atoms with Gasteiger partial charge in [-0.05, 0) is 18.6 Å². The molecule has 1 amide bonds. The summed E-state index contributed by atoms with van der Waals surface area (Å²) >= 11 is 0. The highest BCUT2D eigenvalue weighted by atomic mass is 16.4. The second-order valence-electron chi connectivity index (χ2n) is 4.55. The lowest BCUT2D eigenvalue weighted by molar-refractivity contribution is -0.128. The monoisotopic (exact) mass is 263 g/mol. The van der Waals surface area contributed by atoms with Crippen LogP contribution < -0.4 is 4.90 Å². The van der Waals surface area contributed by atoms with E-state index in [0.717, 1.165) is 31.7 Å². The van der Waals surface area contributed by atoms with Crippen molar-refractivity contribution in [2.75, 3.05) is 31.1 Å². The number of carboxylic acid groups (broad SMARTS) is 1. The molecule has 0 saturated carbocycles. The number of hydrogen-bond acceptors (Lipinski definition) is 4. The molecule has 6 nitrogen and oxygen atoms in total. The molecule has 2 heterocycles. The molecule has 0 atom stereocenters. The molecule has 19 heavy (non-hydrogen) atoms. The number of carboxylic acids is 1. The zero-order chi connectivity index (χ0) is 13.8. The van der Waals surface area contributed by atoms with Gasteiger partial charge < -0.3 is 14.9 Å². The van der Waals surface area contributed by atoms with E-state index in [1.54, 1.807) is 19.2 Å². The summed E-state index contributed by atoms with van der Waals surface area (Å²) in [6, 6.07) is 3.27. The van der Waals surface area contributed by atoms with Gasteiger partial charge in [-0.25, -0.2) is 9.78 Å². The van der Waals surface area contributed by atoms with E-state index in [9.17, 15) is 9.59 Å². The number of nitrogens with zero attached hydrogens (tertiary/aromatic N) is 3. The molecule has 1 aliphatic rings. The summed E-state index contributed by atoms with van der Waals surface area (Å²) in [6.45, 7) is 4.63. The van der Waals surface area contributed by atoms with Gasteiger partial charge in [-0.15, -0.1) is 0 Å². The number of rotatable bonds is 2. The highest BCUT2D eigenvalue weighted by Crippen LogP contribution is 2.15. The molecule has 1 aromatic rings. The number of hydrogen-bond donors (Lipinski definition) is 1. The molecule has 0 spiro atoms. The van der Waals surface area contributed by atoms with Crippen LogP contribution in [-0.4, -0.2) is 53.0 Å². The Kier molecular flexibility index (Phi) is 3.99. The van der Waals surface area contributed by atoms with Crippen LogP contribution in [0.1, 0.15) is 23.8 Å². The first kappa shape index (κ1) is 13.3. The Morgan fingerprint density at radius 1 is 1.21 bits per heavy atom. The molecule has 0 unspecified atom stereocenters. The van der Waals surface area contributed by atoms with Gasteiger partial charge in [0.2, 0.25) is 5.91 Å². The lowest BCUT2D eigenvalue weighted by Gasteiger charge is -2.22. The van der Waals surface area contributed by atoms with Gasteiger partial charge in [-0.2, -0.15) is 0 Å². The maximum absolute atomic E-state index is 11.3. The van der Waals surface area contributed by atoms with Crippen molar-refractivity contribution in [3.8, 4) is 0 Å². The van der Waals surface area contributed by atoms with E-state index < -0.39 is 5.97 Å². The van der Waals surface area contributed by atoms with Gasteiger partial charge >= 0.3 is 5.97 Å². The number of aromatic nitrogens is 1. The Morgan fingerprint density at radius 3 is 2.58 bits per heavy atom. The maximum Gasteiger partial charge on any atom is 0.354 e. The summed E-state index contributed by atoms with van der Waals surface area (Å²) in [5.41, 5.74) is 0.944. The van der Waals surface area contributed by atoms with Crippen LogP contribution in [-0.2, 0) is 4.79 Å². The number of carbonyl (C=O) groups excluding carboxylic acids is 1. The molecule has 0 aliphatic carbocycles. The van der Waals surface area contributed by atoms with Crippen molar-refractivity contribution in [3.63, 3.8) is 0 Å². The SMILES string of the molecule is CC(=O)N1CCCN(c2ccc(C(=O)O)nc2)CC1. The van der Waals surface area contributed by atoms with Crippen LogP contribution in [0.25, 0.3) is 0 Å². The average Bonchev–Trinajstić information content (AvgIpc) is 2.64. The van der Waals surface area contributed by atoms with Crippen LogP contribution in [0.3, 0.4) is 0 Å². The minimum atomic E-state index is -1.02. The summed E-state index contributed by atoms with van der Waals surface area (Å²) < 4.78 is 0. The van der Waals surface area contributed by atoms with Gasteiger partial charge in [0.15, 0.2) is 0 Å². The highest BCUT2D eigenvalue weighted by molar-refractivity contribution is 5.85. The van der Waals surface area contributed by atoms with Crippen LogP contribution >= 0.6 is 0 Å². The molecule has 0 bridgehead atoms. The molecule has 2 rings (SSSR count). The van der Waals surface area contributed by atoms with Crippen molar-refractivity contribution in [2.45, 2.75) is 13.3 Å². The lowest BCUT2D eigenvalue weighted by Crippen LogP contribution is -2.33. The Balaban J connectivity index is 2.05. The molecule has 6 heteroatoms. The van der Waals surface area contributed by atoms with Gasteiger partial charge in [0.05, 0.1) is 11.9 Å². The molecule has 1 fully saturated rings. The first-order valence-corrected chi connectivity index (χ1v) is 6.28. The average molecular weight is 263 g/mol. The van der Waals surface area contributed by atoms with Crippen LogP contribution in [0.5, 0.6) is 0 Å². The summed E-state index contributed by atoms with van der Waals surface area (Å²) in [5.74, 6) is -0.925. The number of pyridine rings is 1. The van der Waals surface area contributed by atoms with E-state index in [1.165, 1.54) is 6.07 Å². The van der Waals surface area contributed by atoms with E-state index >= 15 is 0 Å². The van der Waals surface area contributed by atoms with Crippen molar-refractivity contribution in [1.82, 2.24) is 9.88 Å². The van der Waals surface area contributed by atoms with Crippen LogP contribution in [0.4, 0.5) is 5.69 Å². The fraction of sp³-hybridized carbons (Fsp3) is 0.462. The molecule has 1 aromatic heterocycles. The Morgan fingerprint density at radius 2 is 2.00 bits per heavy atom. The first-order valence-electron chi connectivity index (χ1n) is 6.28. The summed E-state index contributed by atoms with van der Waals surface area (Å²) in [7, 11) is 0. The third-order valence-corrected chi connectivity index (χ3v) is 3.27. The molecule has 1 N–H and O–H groups in total. The third kappa shape index (κ3) is 3.21. The Bertz CT molecular complexity index is 473. The third-order valence-electron chi connectivity index (χ3n) is 3.27. The highest BCUT2D eigenvalue weighted by Gasteiger charge is 2.17. The minimum Gasteiger partial charge on any atom is -0.477 e. The topological polar surface area (TPSA) is 73.7 Å². The number of amides is 1. The zero-order valence-corrected chi connectivity index (χ0v) is 10.9. The van der Waals surface area contributed by atoms with E-state index in [1.807, 2.05) is 4.90 Å². The fourth-order valence-electron chi connectivity index (χ4n) is 2.19. The maximum atomic E-state index is 11.3. The number of anilines is 1. The molecular formula is C13H17N3O3. The van der Waals surface area contributed by atoms with Crippen LogP contribution in [0.2, 0.25) is 0 Å². The zero-order valence-electron chi connectivity index (χ0n) is 10.9. The van der Waals surface area contributed by atoms with Crippen LogP contribution in [0.15, 0.2) is 18.3 Å². The molecule has 1 saturated heterocycles. The van der Waals surface area contributed by atoms with Gasteiger partial charge in [0, 0.05) is 33.1 Å². The van der Waals surface area contributed by atoms with E-state index in [4.69, 9.17) is 5.11 Å². The smallest absolute Gasteiger partial charge is 0.354 e. The van der Waals surface area contributed by atoms with E-state index in [2.05, 4.69) is 9.88 Å². The second-order valence-corrected chi connectivity index (χ2v) is 4.55. The lowest BCUT2D eigenvalue weighted by atomic mass is 10.3. The second kappa shape index (κ2) is 5.69. The normalized spacial score (nSPS) is 16.1. The van der Waals surface area contributed by atoms with Gasteiger partial charge in [-0.1, -0.05) is 0 Å². The summed E-state index contributed by atoms with van der Waals surface area (Å²) in [5, 5.41) is 8.81. The summed E-state index contributed by atoms with van der Waals surface area (Å²) in [6.07, 6.45) is 2.48. The Labute approximate surface area is 111 Å². The minimum absolute atomic E-state index is 0.0453. The standard InChI is InChI=1S/C13H17N3O3/c1-10(17)15-5-2-6-16(8-7-15)11-3-4-12(13(18)19)14-9-11/h3-4,9H,2,5-8H2,1H3,(H,18,19). The molecule has 0 aromatic carbocycles. The number of aromatic carboxylic acids is 1. The van der Waals surface area contributed by atoms with Crippen molar-refractivity contribution < 1.29 is 14.7 Å². The first-order chi connectivity index (χ1) is 9.08. The van der Waals surface area contributed by atoms with Crippen molar-refractivity contribution in [3.05, 3.63) is 24.0 Å². The van der Waals surface area contributed by atoms with Gasteiger partial charge in [0.1, 0.15) is 5.69 Å². The number of carbonyl (C=O) groups is 2. The largest absolute Gasteiger partial charge is 0.477 e. The molecular weight excluding hydrogens is 246 g/mol. The predicted octanol–water partition coefficient (Wildman–Crippen LogP) is 0.838. The molecule has 0 radical (unpaired) electrons. The Hall–Kier alpha value is -2.11. The van der Waals surface area contributed by atoms with Gasteiger partial charge in [-0.3, -0.25) is 4.79 Å². The van der Waals surface area contributed by atoms with Gasteiger partial charge in [0.25, 0.3) is 0 Å². The van der Waals surface area contributed by atoms with Crippen molar-refractivity contribution in [2.24, 2.45) is 0 Å². The van der Waals surface area contributed by atoms with Crippen molar-refractivity contribution >= 4 is 17.6 Å². The van der Waals surface area contributed by atoms with Crippen LogP contribution in [0, 0.1) is 0 Å². The fourth-order valence-corrected chi connectivity index (χ4v) is 2.19. The molecule has 102 valence electrons. The quantitative estimate of drug-likeness (QED) is 0.855. The van der Waals surface area contributed by atoms with Crippen molar-refractivity contribution in [1.29, 1.82) is 0 Å². The molecule has 1 aliphatic heterocycles. The summed E-state index contributed by atoms with van der Waals surface area (Å²) in [4.78, 5) is 30.0. The van der Waals surface area contributed by atoms with E-state index in [0.29, 0.717) is 6.54 Å². The van der Waals surface area contributed by atoms with E-state index in [-0.39, 0.29) is 11.6 Å². The predicted molar refractivity (Wildman–Crippen MR) is 70.3 cm³/mol.